The topological polar surface area (TPSA) is 55.3 Å². The van der Waals surface area contributed by atoms with Crippen LogP contribution in [0.2, 0.25) is 0 Å². The molecule has 3 heteroatoms. The third kappa shape index (κ3) is 6.78. The maximum absolute atomic E-state index is 6.25. The van der Waals surface area contributed by atoms with Crippen molar-refractivity contribution in [3.8, 4) is 0 Å². The average Bonchev–Trinajstić information content (AvgIpc) is 2.65. The molecule has 4 N–H and O–H groups in total. The standard InChI is InChI=1S/C17H21N3.2C2H6/c1-13(15-8-10-16(18)11-9-15)17(19)20(2)12-14-6-4-3-5-7-14;2*1-2/h3-11H,12,18-19H2,1-2H3;2*1-2H3/b17-13-;;. The van der Waals surface area contributed by atoms with E-state index in [-0.39, 0.29) is 0 Å². The van der Waals surface area contributed by atoms with Gasteiger partial charge >= 0.3 is 0 Å². The van der Waals surface area contributed by atoms with Crippen LogP contribution in [0.5, 0.6) is 0 Å². The third-order valence-electron chi connectivity index (χ3n) is 3.40. The fourth-order valence-electron chi connectivity index (χ4n) is 2.11. The molecule has 0 fully saturated rings. The summed E-state index contributed by atoms with van der Waals surface area (Å²) >= 11 is 0. The first-order chi connectivity index (χ1) is 11.6. The van der Waals surface area contributed by atoms with Gasteiger partial charge < -0.3 is 16.4 Å². The molecule has 0 bridgehead atoms. The number of rotatable bonds is 4. The number of anilines is 1. The van der Waals surface area contributed by atoms with Crippen molar-refractivity contribution in [2.45, 2.75) is 41.2 Å². The molecule has 0 saturated carbocycles. The van der Waals surface area contributed by atoms with Crippen molar-refractivity contribution in [3.63, 3.8) is 0 Å². The van der Waals surface area contributed by atoms with E-state index in [1.54, 1.807) is 0 Å². The SMILES string of the molecule is C/C(=C(\N)N(C)Cc1ccccc1)c1ccc(N)cc1.CC.CC. The zero-order valence-corrected chi connectivity index (χ0v) is 16.0. The van der Waals surface area contributed by atoms with Gasteiger partial charge in [0.1, 0.15) is 5.82 Å². The van der Waals surface area contributed by atoms with Crippen molar-refractivity contribution in [1.82, 2.24) is 4.90 Å². The monoisotopic (exact) mass is 327 g/mol. The molecule has 0 aliphatic rings. The fourth-order valence-corrected chi connectivity index (χ4v) is 2.11. The van der Waals surface area contributed by atoms with E-state index in [1.807, 2.05) is 84.1 Å². The van der Waals surface area contributed by atoms with E-state index in [0.717, 1.165) is 29.2 Å². The van der Waals surface area contributed by atoms with E-state index in [1.165, 1.54) is 5.56 Å². The van der Waals surface area contributed by atoms with Gasteiger partial charge in [-0.15, -0.1) is 0 Å². The number of hydrogen-bond acceptors (Lipinski definition) is 3. The molecular formula is C21H33N3. The van der Waals surface area contributed by atoms with Crippen LogP contribution in [0.1, 0.15) is 45.7 Å². The Bertz CT molecular complexity index is 586. The van der Waals surface area contributed by atoms with E-state index in [9.17, 15) is 0 Å². The lowest BCUT2D eigenvalue weighted by Gasteiger charge is -2.22. The molecule has 0 aliphatic heterocycles. The number of hydrogen-bond donors (Lipinski definition) is 2. The molecule has 0 unspecified atom stereocenters. The molecule has 3 nitrogen and oxygen atoms in total. The molecule has 132 valence electrons. The Hall–Kier alpha value is -2.42. The van der Waals surface area contributed by atoms with Crippen molar-refractivity contribution in [1.29, 1.82) is 0 Å². The maximum atomic E-state index is 6.25. The summed E-state index contributed by atoms with van der Waals surface area (Å²) in [6.45, 7) is 10.8. The smallest absolute Gasteiger partial charge is 0.102 e. The fraction of sp³-hybridized carbons (Fsp3) is 0.333. The van der Waals surface area contributed by atoms with Crippen LogP contribution in [0.4, 0.5) is 5.69 Å². The molecule has 2 aromatic rings. The zero-order chi connectivity index (χ0) is 18.5. The van der Waals surface area contributed by atoms with Gasteiger partial charge in [-0.3, -0.25) is 0 Å². The Labute approximate surface area is 148 Å². The molecule has 0 radical (unpaired) electrons. The molecular weight excluding hydrogens is 294 g/mol. The van der Waals surface area contributed by atoms with Crippen molar-refractivity contribution >= 4 is 11.3 Å². The van der Waals surface area contributed by atoms with Crippen LogP contribution in [-0.2, 0) is 6.54 Å². The summed E-state index contributed by atoms with van der Waals surface area (Å²) in [6.07, 6.45) is 0. The third-order valence-corrected chi connectivity index (χ3v) is 3.40. The van der Waals surface area contributed by atoms with Crippen LogP contribution in [0.25, 0.3) is 5.57 Å². The van der Waals surface area contributed by atoms with Gasteiger partial charge in [0.25, 0.3) is 0 Å². The Morgan fingerprint density at radius 3 is 1.88 bits per heavy atom. The Morgan fingerprint density at radius 2 is 1.38 bits per heavy atom. The number of allylic oxidation sites excluding steroid dienone is 1. The zero-order valence-electron chi connectivity index (χ0n) is 16.0. The van der Waals surface area contributed by atoms with Crippen molar-refractivity contribution in [3.05, 3.63) is 71.5 Å². The lowest BCUT2D eigenvalue weighted by molar-refractivity contribution is 0.408. The first kappa shape index (κ1) is 21.6. The number of benzene rings is 2. The predicted octanol–water partition coefficient (Wildman–Crippen LogP) is 5.10. The largest absolute Gasteiger partial charge is 0.399 e. The molecule has 0 aromatic heterocycles. The normalized spacial score (nSPS) is 10.4. The average molecular weight is 328 g/mol. The first-order valence-corrected chi connectivity index (χ1v) is 8.65. The summed E-state index contributed by atoms with van der Waals surface area (Å²) in [5, 5.41) is 0. The van der Waals surface area contributed by atoms with Crippen LogP contribution in [0, 0.1) is 0 Å². The quantitative estimate of drug-likeness (QED) is 0.768. The highest BCUT2D eigenvalue weighted by Gasteiger charge is 2.07. The summed E-state index contributed by atoms with van der Waals surface area (Å²) in [6, 6.07) is 18.1. The van der Waals surface area contributed by atoms with Gasteiger partial charge in [-0.25, -0.2) is 0 Å². The van der Waals surface area contributed by atoms with E-state index >= 15 is 0 Å². The van der Waals surface area contributed by atoms with Crippen LogP contribution >= 0.6 is 0 Å². The highest BCUT2D eigenvalue weighted by atomic mass is 15.2. The van der Waals surface area contributed by atoms with Crippen LogP contribution in [-0.4, -0.2) is 11.9 Å². The van der Waals surface area contributed by atoms with Crippen molar-refractivity contribution in [2.24, 2.45) is 5.73 Å². The molecule has 24 heavy (non-hydrogen) atoms. The molecule has 0 atom stereocenters. The molecule has 2 rings (SSSR count). The minimum atomic E-state index is 0.762. The molecule has 0 amide bonds. The summed E-state index contributed by atoms with van der Waals surface area (Å²) in [5.41, 5.74) is 16.1. The highest BCUT2D eigenvalue weighted by molar-refractivity contribution is 5.67. The van der Waals surface area contributed by atoms with Gasteiger partial charge in [0.05, 0.1) is 0 Å². The second-order valence-corrected chi connectivity index (χ2v) is 4.97. The molecule has 2 aromatic carbocycles. The second kappa shape index (κ2) is 12.1. The van der Waals surface area contributed by atoms with E-state index in [4.69, 9.17) is 11.5 Å². The van der Waals surface area contributed by atoms with E-state index in [2.05, 4.69) is 17.0 Å². The summed E-state index contributed by atoms with van der Waals surface area (Å²) in [5.74, 6) is 0.777. The number of nitrogen functional groups attached to an aromatic ring is 1. The number of nitrogens with two attached hydrogens (primary N) is 2. The summed E-state index contributed by atoms with van der Waals surface area (Å²) in [7, 11) is 2.00. The van der Waals surface area contributed by atoms with Crippen LogP contribution in [0.15, 0.2) is 60.4 Å². The second-order valence-electron chi connectivity index (χ2n) is 4.97. The summed E-state index contributed by atoms with van der Waals surface area (Å²) < 4.78 is 0. The Kier molecular flexibility index (Phi) is 10.8. The summed E-state index contributed by atoms with van der Waals surface area (Å²) in [4.78, 5) is 2.06. The molecule has 0 saturated heterocycles. The van der Waals surface area contributed by atoms with E-state index < -0.39 is 0 Å². The first-order valence-electron chi connectivity index (χ1n) is 8.65. The van der Waals surface area contributed by atoms with Crippen LogP contribution in [0.3, 0.4) is 0 Å². The van der Waals surface area contributed by atoms with Crippen molar-refractivity contribution < 1.29 is 0 Å². The molecule has 0 spiro atoms. The molecule has 0 aliphatic carbocycles. The van der Waals surface area contributed by atoms with Gasteiger partial charge in [0.2, 0.25) is 0 Å². The minimum absolute atomic E-state index is 0.762. The Morgan fingerprint density at radius 1 is 0.875 bits per heavy atom. The van der Waals surface area contributed by atoms with E-state index in [0.29, 0.717) is 0 Å². The van der Waals surface area contributed by atoms with Crippen molar-refractivity contribution in [2.75, 3.05) is 12.8 Å². The lowest BCUT2D eigenvalue weighted by atomic mass is 10.1. The minimum Gasteiger partial charge on any atom is -0.399 e. The number of nitrogens with zero attached hydrogens (tertiary/aromatic N) is 1. The van der Waals surface area contributed by atoms with Crippen LogP contribution < -0.4 is 11.5 Å². The highest BCUT2D eigenvalue weighted by Crippen LogP contribution is 2.19. The van der Waals surface area contributed by atoms with Gasteiger partial charge in [-0.2, -0.15) is 0 Å². The van der Waals surface area contributed by atoms with Gasteiger partial charge in [0.15, 0.2) is 0 Å². The van der Waals surface area contributed by atoms with Gasteiger partial charge in [0, 0.05) is 19.3 Å². The lowest BCUT2D eigenvalue weighted by Crippen LogP contribution is -2.24. The maximum Gasteiger partial charge on any atom is 0.102 e. The van der Waals surface area contributed by atoms with Gasteiger partial charge in [-0.05, 0) is 35.8 Å². The predicted molar refractivity (Wildman–Crippen MR) is 108 cm³/mol. The Balaban J connectivity index is 0.00000123. The molecule has 0 heterocycles. The van der Waals surface area contributed by atoms with Gasteiger partial charge in [-0.1, -0.05) is 70.2 Å².